The molecular formula is C14H13BrN2O. The number of rotatable bonds is 2. The summed E-state index contributed by atoms with van der Waals surface area (Å²) in [5, 5.41) is 2.78. The van der Waals surface area contributed by atoms with Crippen LogP contribution in [0.3, 0.4) is 0 Å². The number of benzene rings is 1. The number of pyridine rings is 1. The van der Waals surface area contributed by atoms with Crippen LogP contribution >= 0.6 is 15.9 Å². The van der Waals surface area contributed by atoms with Crippen LogP contribution in [-0.4, -0.2) is 10.9 Å². The highest BCUT2D eigenvalue weighted by molar-refractivity contribution is 9.10. The molecule has 0 atom stereocenters. The van der Waals surface area contributed by atoms with Crippen molar-refractivity contribution in [3.63, 3.8) is 0 Å². The second-order valence-corrected chi connectivity index (χ2v) is 4.99. The van der Waals surface area contributed by atoms with Crippen molar-refractivity contribution in [2.75, 3.05) is 5.32 Å². The van der Waals surface area contributed by atoms with Crippen molar-refractivity contribution < 1.29 is 4.79 Å². The first-order chi connectivity index (χ1) is 8.56. The summed E-state index contributed by atoms with van der Waals surface area (Å²) >= 11 is 3.41. The molecule has 0 unspecified atom stereocenters. The predicted molar refractivity (Wildman–Crippen MR) is 75.8 cm³/mol. The Morgan fingerprint density at radius 1 is 1.22 bits per heavy atom. The lowest BCUT2D eigenvalue weighted by molar-refractivity contribution is 0.102. The van der Waals surface area contributed by atoms with Crippen LogP contribution in [0.1, 0.15) is 21.5 Å². The summed E-state index contributed by atoms with van der Waals surface area (Å²) in [6.07, 6.45) is 1.68. The van der Waals surface area contributed by atoms with Gasteiger partial charge >= 0.3 is 0 Å². The Morgan fingerprint density at radius 3 is 2.67 bits per heavy atom. The van der Waals surface area contributed by atoms with Gasteiger partial charge in [0.05, 0.1) is 0 Å². The first kappa shape index (κ1) is 12.8. The molecule has 1 aromatic heterocycles. The van der Waals surface area contributed by atoms with Gasteiger partial charge < -0.3 is 5.32 Å². The molecule has 0 aliphatic heterocycles. The Kier molecular flexibility index (Phi) is 3.77. The summed E-state index contributed by atoms with van der Waals surface area (Å²) in [6.45, 7) is 3.91. The fraction of sp³-hybridized carbons (Fsp3) is 0.143. The monoisotopic (exact) mass is 304 g/mol. The van der Waals surface area contributed by atoms with E-state index in [4.69, 9.17) is 0 Å². The second-order valence-electron chi connectivity index (χ2n) is 4.14. The largest absolute Gasteiger partial charge is 0.307 e. The van der Waals surface area contributed by atoms with Crippen molar-refractivity contribution in [3.05, 3.63) is 57.7 Å². The van der Waals surface area contributed by atoms with Crippen molar-refractivity contribution in [2.24, 2.45) is 0 Å². The van der Waals surface area contributed by atoms with Gasteiger partial charge in [0.15, 0.2) is 0 Å². The first-order valence-electron chi connectivity index (χ1n) is 5.56. The Morgan fingerprint density at radius 2 is 2.00 bits per heavy atom. The van der Waals surface area contributed by atoms with Crippen molar-refractivity contribution in [3.8, 4) is 0 Å². The van der Waals surface area contributed by atoms with Crippen molar-refractivity contribution >= 4 is 27.7 Å². The van der Waals surface area contributed by atoms with Gasteiger partial charge in [-0.2, -0.15) is 0 Å². The van der Waals surface area contributed by atoms with Gasteiger partial charge in [0, 0.05) is 16.2 Å². The van der Waals surface area contributed by atoms with E-state index in [-0.39, 0.29) is 5.91 Å². The van der Waals surface area contributed by atoms with Gasteiger partial charge in [-0.05, 0) is 55.3 Å². The fourth-order valence-corrected chi connectivity index (χ4v) is 1.83. The van der Waals surface area contributed by atoms with Crippen LogP contribution in [0.5, 0.6) is 0 Å². The van der Waals surface area contributed by atoms with Gasteiger partial charge in [0.25, 0.3) is 5.91 Å². The van der Waals surface area contributed by atoms with E-state index in [2.05, 4.69) is 26.2 Å². The molecule has 0 saturated heterocycles. The third-order valence-electron chi connectivity index (χ3n) is 2.58. The van der Waals surface area contributed by atoms with Crippen LogP contribution < -0.4 is 5.32 Å². The number of hydrogen-bond acceptors (Lipinski definition) is 2. The highest BCUT2D eigenvalue weighted by Gasteiger charge is 2.08. The topological polar surface area (TPSA) is 42.0 Å². The van der Waals surface area contributed by atoms with Crippen LogP contribution in [0.15, 0.2) is 41.0 Å². The zero-order valence-electron chi connectivity index (χ0n) is 10.2. The molecule has 2 rings (SSSR count). The smallest absolute Gasteiger partial charge is 0.256 e. The van der Waals surface area contributed by atoms with Gasteiger partial charge in [-0.25, -0.2) is 4.98 Å². The number of anilines is 1. The lowest BCUT2D eigenvalue weighted by Gasteiger charge is -2.06. The SMILES string of the molecule is Cc1ccnc(NC(=O)c2ccc(Br)c(C)c2)c1. The molecule has 3 nitrogen and oxygen atoms in total. The molecule has 92 valence electrons. The summed E-state index contributed by atoms with van der Waals surface area (Å²) in [7, 11) is 0. The van der Waals surface area contributed by atoms with Crippen LogP contribution in [0.4, 0.5) is 5.82 Å². The molecule has 18 heavy (non-hydrogen) atoms. The minimum atomic E-state index is -0.149. The molecule has 1 N–H and O–H groups in total. The zero-order valence-corrected chi connectivity index (χ0v) is 11.8. The standard InChI is InChI=1S/C14H13BrN2O/c1-9-5-6-16-13(7-9)17-14(18)11-3-4-12(15)10(2)8-11/h3-8H,1-2H3,(H,16,17,18). The van der Waals surface area contributed by atoms with E-state index >= 15 is 0 Å². The lowest BCUT2D eigenvalue weighted by atomic mass is 10.1. The minimum Gasteiger partial charge on any atom is -0.307 e. The average molecular weight is 305 g/mol. The molecule has 0 aliphatic rings. The van der Waals surface area contributed by atoms with Gasteiger partial charge in [-0.1, -0.05) is 15.9 Å². The Balaban J connectivity index is 2.19. The highest BCUT2D eigenvalue weighted by Crippen LogP contribution is 2.18. The number of aryl methyl sites for hydroxylation is 2. The van der Waals surface area contributed by atoms with Gasteiger partial charge in [0.2, 0.25) is 0 Å². The maximum atomic E-state index is 12.0. The van der Waals surface area contributed by atoms with Crippen LogP contribution in [0, 0.1) is 13.8 Å². The maximum absolute atomic E-state index is 12.0. The van der Waals surface area contributed by atoms with Crippen LogP contribution in [0.2, 0.25) is 0 Å². The number of nitrogens with zero attached hydrogens (tertiary/aromatic N) is 1. The summed E-state index contributed by atoms with van der Waals surface area (Å²) in [5.41, 5.74) is 2.71. The lowest BCUT2D eigenvalue weighted by Crippen LogP contribution is -2.13. The Bertz CT molecular complexity index is 596. The summed E-state index contributed by atoms with van der Waals surface area (Å²) in [4.78, 5) is 16.1. The van der Waals surface area contributed by atoms with E-state index in [0.29, 0.717) is 11.4 Å². The molecule has 4 heteroatoms. The van der Waals surface area contributed by atoms with E-state index in [0.717, 1.165) is 15.6 Å². The number of carbonyl (C=O) groups excluding carboxylic acids is 1. The van der Waals surface area contributed by atoms with Crippen molar-refractivity contribution in [2.45, 2.75) is 13.8 Å². The molecular weight excluding hydrogens is 292 g/mol. The molecule has 1 heterocycles. The van der Waals surface area contributed by atoms with E-state index < -0.39 is 0 Å². The molecule has 1 amide bonds. The number of carbonyl (C=O) groups is 1. The highest BCUT2D eigenvalue weighted by atomic mass is 79.9. The van der Waals surface area contributed by atoms with Gasteiger partial charge in [-0.3, -0.25) is 4.79 Å². The van der Waals surface area contributed by atoms with Crippen LogP contribution in [0.25, 0.3) is 0 Å². The van der Waals surface area contributed by atoms with Crippen LogP contribution in [-0.2, 0) is 0 Å². The number of hydrogen-bond donors (Lipinski definition) is 1. The van der Waals surface area contributed by atoms with E-state index in [1.54, 1.807) is 12.3 Å². The first-order valence-corrected chi connectivity index (χ1v) is 6.36. The molecule has 0 aliphatic carbocycles. The maximum Gasteiger partial charge on any atom is 0.256 e. The summed E-state index contributed by atoms with van der Waals surface area (Å²) in [6, 6.07) is 9.22. The third-order valence-corrected chi connectivity index (χ3v) is 3.47. The predicted octanol–water partition coefficient (Wildman–Crippen LogP) is 3.71. The molecule has 0 radical (unpaired) electrons. The Hall–Kier alpha value is -1.68. The molecule has 0 bridgehead atoms. The van der Waals surface area contributed by atoms with E-state index in [1.165, 1.54) is 0 Å². The second kappa shape index (κ2) is 5.31. The van der Waals surface area contributed by atoms with Crippen molar-refractivity contribution in [1.29, 1.82) is 0 Å². The number of amides is 1. The number of nitrogens with one attached hydrogen (secondary N) is 1. The molecule has 1 aromatic carbocycles. The molecule has 0 spiro atoms. The van der Waals surface area contributed by atoms with E-state index in [9.17, 15) is 4.79 Å². The van der Waals surface area contributed by atoms with Crippen molar-refractivity contribution in [1.82, 2.24) is 4.98 Å². The fourth-order valence-electron chi connectivity index (χ4n) is 1.58. The molecule has 0 fully saturated rings. The van der Waals surface area contributed by atoms with Gasteiger partial charge in [-0.15, -0.1) is 0 Å². The number of aromatic nitrogens is 1. The minimum absolute atomic E-state index is 0.149. The third kappa shape index (κ3) is 2.96. The van der Waals surface area contributed by atoms with Gasteiger partial charge in [0.1, 0.15) is 5.82 Å². The molecule has 2 aromatic rings. The van der Waals surface area contributed by atoms with E-state index in [1.807, 2.05) is 38.1 Å². The number of halogens is 1. The summed E-state index contributed by atoms with van der Waals surface area (Å²) in [5.74, 6) is 0.421. The quantitative estimate of drug-likeness (QED) is 0.919. The summed E-state index contributed by atoms with van der Waals surface area (Å²) < 4.78 is 0.993. The molecule has 0 saturated carbocycles. The average Bonchev–Trinajstić information content (AvgIpc) is 2.32. The zero-order chi connectivity index (χ0) is 13.1. The Labute approximate surface area is 114 Å². The normalized spacial score (nSPS) is 10.2.